The van der Waals surface area contributed by atoms with Crippen molar-refractivity contribution in [2.24, 2.45) is 35.5 Å². The van der Waals surface area contributed by atoms with Gasteiger partial charge in [0.2, 0.25) is 0 Å². The maximum absolute atomic E-state index is 12.7. The highest BCUT2D eigenvalue weighted by molar-refractivity contribution is 5.69. The molecule has 0 aliphatic carbocycles. The molecule has 0 aliphatic heterocycles. The second-order valence-electron chi connectivity index (χ2n) is 15.9. The van der Waals surface area contributed by atoms with Gasteiger partial charge in [0.05, 0.1) is 32.8 Å². The maximum atomic E-state index is 12.7. The van der Waals surface area contributed by atoms with Crippen LogP contribution in [0.3, 0.4) is 0 Å². The van der Waals surface area contributed by atoms with Crippen LogP contribution in [0.2, 0.25) is 0 Å². The van der Waals surface area contributed by atoms with Crippen molar-refractivity contribution in [3.05, 3.63) is 0 Å². The third-order valence-electron chi connectivity index (χ3n) is 9.76. The number of carbonyl (C=O) groups excluding carboxylic acids is 2. The van der Waals surface area contributed by atoms with Gasteiger partial charge >= 0.3 is 5.97 Å². The zero-order valence-corrected chi connectivity index (χ0v) is 33.4. The Morgan fingerprint density at radius 3 is 1.53 bits per heavy atom. The monoisotopic (exact) mass is 700 g/mol. The van der Waals surface area contributed by atoms with Crippen LogP contribution >= 0.6 is 0 Å². The van der Waals surface area contributed by atoms with E-state index in [-0.39, 0.29) is 18.9 Å². The van der Waals surface area contributed by atoms with Gasteiger partial charge < -0.3 is 29.0 Å². The van der Waals surface area contributed by atoms with Crippen molar-refractivity contribution in [3.8, 4) is 0 Å². The fourth-order valence-electron chi connectivity index (χ4n) is 5.98. The lowest BCUT2D eigenvalue weighted by atomic mass is 9.89. The summed E-state index contributed by atoms with van der Waals surface area (Å²) >= 11 is 0. The van der Waals surface area contributed by atoms with Gasteiger partial charge in [-0.1, -0.05) is 93.9 Å². The highest BCUT2D eigenvalue weighted by atomic mass is 16.7. The molecule has 8 nitrogen and oxygen atoms in total. The van der Waals surface area contributed by atoms with Crippen LogP contribution in [0.5, 0.6) is 0 Å². The van der Waals surface area contributed by atoms with E-state index in [0.717, 1.165) is 96.7 Å². The minimum atomic E-state index is -0.384. The Morgan fingerprint density at radius 1 is 0.612 bits per heavy atom. The van der Waals surface area contributed by atoms with Crippen molar-refractivity contribution in [1.29, 1.82) is 0 Å². The summed E-state index contributed by atoms with van der Waals surface area (Å²) in [6.45, 7) is 24.4. The Kier molecular flexibility index (Phi) is 31.9. The summed E-state index contributed by atoms with van der Waals surface area (Å²) < 4.78 is 23.2. The minimum absolute atomic E-state index is 0.162. The number of aliphatic hydroxyl groups excluding tert-OH is 1. The van der Waals surface area contributed by atoms with Gasteiger partial charge in [-0.3, -0.25) is 9.59 Å². The lowest BCUT2D eigenvalue weighted by Gasteiger charge is -2.28. The summed E-state index contributed by atoms with van der Waals surface area (Å²) in [6.07, 6.45) is 15.4. The predicted molar refractivity (Wildman–Crippen MR) is 202 cm³/mol. The van der Waals surface area contributed by atoms with E-state index in [0.29, 0.717) is 81.2 Å². The van der Waals surface area contributed by atoms with Crippen molar-refractivity contribution >= 4 is 12.4 Å². The molecule has 0 aromatic rings. The second-order valence-corrected chi connectivity index (χ2v) is 15.9. The van der Waals surface area contributed by atoms with E-state index in [9.17, 15) is 14.7 Å². The lowest BCUT2D eigenvalue weighted by molar-refractivity contribution is -0.171. The molecule has 8 heteroatoms. The molecular weight excluding hydrogens is 618 g/mol. The van der Waals surface area contributed by atoms with E-state index >= 15 is 0 Å². The first kappa shape index (κ1) is 47.8. The molecule has 0 rings (SSSR count). The predicted octanol–water partition coefficient (Wildman–Crippen LogP) is 9.45. The van der Waals surface area contributed by atoms with E-state index in [1.54, 1.807) is 0 Å². The second kappa shape index (κ2) is 32.7. The normalized spacial score (nSPS) is 13.9. The van der Waals surface area contributed by atoms with E-state index < -0.39 is 0 Å². The third kappa shape index (κ3) is 30.1. The van der Waals surface area contributed by atoms with Crippen LogP contribution in [0.4, 0.5) is 0 Å². The number of nitrogens with zero attached hydrogens (tertiary/aromatic N) is 1. The van der Waals surface area contributed by atoms with Crippen LogP contribution in [-0.4, -0.2) is 81.4 Å². The van der Waals surface area contributed by atoms with Gasteiger partial charge in [0.15, 0.2) is 6.29 Å². The van der Waals surface area contributed by atoms with E-state index in [1.807, 2.05) is 0 Å². The number of hydrogen-bond acceptors (Lipinski definition) is 8. The molecule has 0 aliphatic rings. The van der Waals surface area contributed by atoms with Gasteiger partial charge in [0.1, 0.15) is 0 Å². The number of rotatable bonds is 36. The van der Waals surface area contributed by atoms with Gasteiger partial charge in [-0.05, 0) is 107 Å². The molecule has 2 atom stereocenters. The highest BCUT2D eigenvalue weighted by Crippen LogP contribution is 2.24. The Hall–Kier alpha value is -1.22. The first-order chi connectivity index (χ1) is 23.5. The zero-order valence-electron chi connectivity index (χ0n) is 33.4. The molecule has 0 saturated carbocycles. The number of hydrogen-bond donors (Lipinski definition) is 1. The van der Waals surface area contributed by atoms with Gasteiger partial charge in [0.25, 0.3) is 6.47 Å². The van der Waals surface area contributed by atoms with Gasteiger partial charge in [-0.25, -0.2) is 0 Å². The molecule has 0 heterocycles. The average molecular weight is 700 g/mol. The number of aliphatic hydroxyl groups is 1. The van der Waals surface area contributed by atoms with Gasteiger partial charge in [0, 0.05) is 13.0 Å². The van der Waals surface area contributed by atoms with Crippen LogP contribution < -0.4 is 0 Å². The van der Waals surface area contributed by atoms with Gasteiger partial charge in [-0.2, -0.15) is 0 Å². The van der Waals surface area contributed by atoms with Crippen molar-refractivity contribution in [2.45, 2.75) is 164 Å². The fourth-order valence-corrected chi connectivity index (χ4v) is 5.98. The molecule has 0 fully saturated rings. The summed E-state index contributed by atoms with van der Waals surface area (Å²) in [6, 6.07) is 0. The summed E-state index contributed by atoms with van der Waals surface area (Å²) in [5, 5.41) is 9.18. The third-order valence-corrected chi connectivity index (χ3v) is 9.76. The molecule has 0 aromatic carbocycles. The smallest absolute Gasteiger partial charge is 0.305 e. The molecular formula is C41H81NO7. The Morgan fingerprint density at radius 2 is 1.08 bits per heavy atom. The number of ether oxygens (including phenoxy) is 4. The number of esters is 1. The minimum Gasteiger partial charge on any atom is -0.468 e. The SMILES string of the molecule is CC(C)CCC(COC(CCC(=O)OCCCCCCN(CCCCO)CCCCCCOC=O)OCC(CCC(C)C)C(C)C)C(C)C. The van der Waals surface area contributed by atoms with Crippen LogP contribution in [-0.2, 0) is 28.5 Å². The largest absolute Gasteiger partial charge is 0.468 e. The summed E-state index contributed by atoms with van der Waals surface area (Å²) in [5.41, 5.74) is 0. The molecule has 0 bridgehead atoms. The van der Waals surface area contributed by atoms with Crippen LogP contribution in [0, 0.1) is 35.5 Å². The van der Waals surface area contributed by atoms with Crippen molar-refractivity contribution in [1.82, 2.24) is 4.90 Å². The summed E-state index contributed by atoms with van der Waals surface area (Å²) in [7, 11) is 0. The lowest BCUT2D eigenvalue weighted by Crippen LogP contribution is -2.28. The first-order valence-electron chi connectivity index (χ1n) is 20.3. The standard InChI is InChI=1S/C41H81NO7/c1-34(2)19-21-38(36(5)6)31-48-41(49-32-39(37(7)8)22-20-35(3)4)24-23-40(45)47-30-18-12-10-14-26-42(27-15-16-28-43)25-13-9-11-17-29-46-33-44/h33-39,41,43H,9-32H2,1-8H3. The molecule has 1 N–H and O–H groups in total. The molecule has 0 radical (unpaired) electrons. The molecule has 292 valence electrons. The van der Waals surface area contributed by atoms with Gasteiger partial charge in [-0.15, -0.1) is 0 Å². The Bertz CT molecular complexity index is 717. The zero-order chi connectivity index (χ0) is 36.7. The highest BCUT2D eigenvalue weighted by Gasteiger charge is 2.22. The number of unbranched alkanes of at least 4 members (excludes halogenated alkanes) is 7. The summed E-state index contributed by atoms with van der Waals surface area (Å²) in [5.74, 6) is 3.24. The van der Waals surface area contributed by atoms with E-state index in [2.05, 4.69) is 60.3 Å². The van der Waals surface area contributed by atoms with Crippen molar-refractivity contribution < 1.29 is 33.6 Å². The molecule has 0 aromatic heterocycles. The van der Waals surface area contributed by atoms with Crippen LogP contribution in [0.25, 0.3) is 0 Å². The van der Waals surface area contributed by atoms with Crippen molar-refractivity contribution in [2.75, 3.05) is 52.7 Å². The van der Waals surface area contributed by atoms with Crippen molar-refractivity contribution in [3.63, 3.8) is 0 Å². The molecule has 2 unspecified atom stereocenters. The van der Waals surface area contributed by atoms with E-state index in [1.165, 1.54) is 12.8 Å². The molecule has 0 amide bonds. The maximum Gasteiger partial charge on any atom is 0.305 e. The first-order valence-corrected chi connectivity index (χ1v) is 20.3. The number of carbonyl (C=O) groups is 2. The topological polar surface area (TPSA) is 94.5 Å². The molecule has 0 spiro atoms. The molecule has 49 heavy (non-hydrogen) atoms. The average Bonchev–Trinajstić information content (AvgIpc) is 3.04. The van der Waals surface area contributed by atoms with E-state index in [4.69, 9.17) is 18.9 Å². The molecule has 0 saturated heterocycles. The Labute approximate surface area is 303 Å². The summed E-state index contributed by atoms with van der Waals surface area (Å²) in [4.78, 5) is 25.5. The van der Waals surface area contributed by atoms with Crippen LogP contribution in [0.15, 0.2) is 0 Å². The quantitative estimate of drug-likeness (QED) is 0.0299. The van der Waals surface area contributed by atoms with Crippen LogP contribution in [0.1, 0.15) is 158 Å². The Balaban J connectivity index is 4.65. The fraction of sp³-hybridized carbons (Fsp3) is 0.951.